The summed E-state index contributed by atoms with van der Waals surface area (Å²) < 4.78 is 15.9. The third kappa shape index (κ3) is 2.34. The smallest absolute Gasteiger partial charge is 0.146 e. The van der Waals surface area contributed by atoms with Crippen LogP contribution in [0.5, 0.6) is 0 Å². The second kappa shape index (κ2) is 4.87. The molecule has 2 aromatic carbocycles. The Hall–Kier alpha value is -1.51. The number of nitrogens with zero attached hydrogens (tertiary/aromatic N) is 1. The zero-order chi connectivity index (χ0) is 13.4. The van der Waals surface area contributed by atoms with Crippen molar-refractivity contribution in [2.24, 2.45) is 0 Å². The molecule has 0 bridgehead atoms. The van der Waals surface area contributed by atoms with E-state index in [0.29, 0.717) is 17.1 Å². The van der Waals surface area contributed by atoms with Gasteiger partial charge in [-0.05, 0) is 29.7 Å². The van der Waals surface area contributed by atoms with E-state index in [4.69, 9.17) is 23.2 Å². The quantitative estimate of drug-likeness (QED) is 0.617. The van der Waals surface area contributed by atoms with Crippen LogP contribution in [0.15, 0.2) is 48.7 Å². The van der Waals surface area contributed by atoms with Crippen LogP contribution in [0.1, 0.15) is 5.56 Å². The van der Waals surface area contributed by atoms with Gasteiger partial charge in [0.15, 0.2) is 0 Å². The molecule has 0 amide bonds. The summed E-state index contributed by atoms with van der Waals surface area (Å²) in [5.41, 5.74) is 1.54. The maximum Gasteiger partial charge on any atom is 0.146 e. The van der Waals surface area contributed by atoms with E-state index in [0.717, 1.165) is 10.9 Å². The van der Waals surface area contributed by atoms with E-state index in [1.165, 1.54) is 0 Å². The first-order valence-corrected chi connectivity index (χ1v) is 6.58. The van der Waals surface area contributed by atoms with Crippen molar-refractivity contribution in [3.63, 3.8) is 0 Å². The summed E-state index contributed by atoms with van der Waals surface area (Å²) in [6, 6.07) is 12.7. The molecule has 4 heteroatoms. The second-order valence-corrected chi connectivity index (χ2v) is 5.20. The molecule has 0 unspecified atom stereocenters. The molecule has 19 heavy (non-hydrogen) atoms. The summed E-state index contributed by atoms with van der Waals surface area (Å²) >= 11 is 11.8. The van der Waals surface area contributed by atoms with E-state index in [9.17, 15) is 4.39 Å². The summed E-state index contributed by atoms with van der Waals surface area (Å²) in [4.78, 5) is 0. The lowest BCUT2D eigenvalue weighted by Crippen LogP contribution is -2.00. The van der Waals surface area contributed by atoms with Gasteiger partial charge in [0.25, 0.3) is 0 Å². The van der Waals surface area contributed by atoms with Gasteiger partial charge in [0.1, 0.15) is 5.82 Å². The molecule has 3 aromatic rings. The van der Waals surface area contributed by atoms with Gasteiger partial charge in [0, 0.05) is 22.3 Å². The highest BCUT2D eigenvalue weighted by Crippen LogP contribution is 2.23. The third-order valence-electron chi connectivity index (χ3n) is 3.11. The van der Waals surface area contributed by atoms with Crippen molar-refractivity contribution in [3.8, 4) is 0 Å². The molecule has 0 fully saturated rings. The topological polar surface area (TPSA) is 4.93 Å². The highest BCUT2D eigenvalue weighted by molar-refractivity contribution is 6.31. The number of halogens is 3. The molecule has 0 aliphatic heterocycles. The highest BCUT2D eigenvalue weighted by Gasteiger charge is 2.08. The van der Waals surface area contributed by atoms with Crippen molar-refractivity contribution >= 4 is 34.1 Å². The molecule has 0 spiro atoms. The number of fused-ring (bicyclic) bond motifs is 1. The van der Waals surface area contributed by atoms with Crippen LogP contribution in [0.4, 0.5) is 4.39 Å². The van der Waals surface area contributed by atoms with E-state index in [1.54, 1.807) is 18.2 Å². The van der Waals surface area contributed by atoms with Crippen LogP contribution in [0.25, 0.3) is 10.9 Å². The van der Waals surface area contributed by atoms with Crippen LogP contribution < -0.4 is 0 Å². The molecule has 0 aliphatic rings. The molecule has 0 radical (unpaired) electrons. The van der Waals surface area contributed by atoms with Crippen molar-refractivity contribution in [2.75, 3.05) is 0 Å². The standard InChI is InChI=1S/C15H10Cl2FN/c16-12-5-4-10-6-7-19(14(10)8-12)9-11-2-1-3-13(17)15(11)18/h1-8H,9H2. The Bertz CT molecular complexity index is 749. The molecule has 96 valence electrons. The van der Waals surface area contributed by atoms with Crippen LogP contribution >= 0.6 is 23.2 Å². The molecule has 0 N–H and O–H groups in total. The van der Waals surface area contributed by atoms with Crippen molar-refractivity contribution in [1.29, 1.82) is 0 Å². The van der Waals surface area contributed by atoms with E-state index in [2.05, 4.69) is 0 Å². The second-order valence-electron chi connectivity index (χ2n) is 4.36. The number of hydrogen-bond acceptors (Lipinski definition) is 0. The minimum Gasteiger partial charge on any atom is -0.343 e. The minimum absolute atomic E-state index is 0.145. The van der Waals surface area contributed by atoms with Crippen LogP contribution in [0.3, 0.4) is 0 Å². The molecule has 0 saturated carbocycles. The van der Waals surface area contributed by atoms with Crippen LogP contribution in [-0.4, -0.2) is 4.57 Å². The molecular formula is C15H10Cl2FN. The predicted molar refractivity (Wildman–Crippen MR) is 77.5 cm³/mol. The summed E-state index contributed by atoms with van der Waals surface area (Å²) in [6.45, 7) is 0.427. The predicted octanol–water partition coefficient (Wildman–Crippen LogP) is 5.14. The van der Waals surface area contributed by atoms with Crippen LogP contribution in [0, 0.1) is 5.82 Å². The fraction of sp³-hybridized carbons (Fsp3) is 0.0667. The Kier molecular flexibility index (Phi) is 3.21. The van der Waals surface area contributed by atoms with Gasteiger partial charge in [-0.2, -0.15) is 0 Å². The summed E-state index contributed by atoms with van der Waals surface area (Å²) in [5, 5.41) is 1.89. The van der Waals surface area contributed by atoms with Crippen LogP contribution in [0.2, 0.25) is 10.0 Å². The Morgan fingerprint density at radius 3 is 2.74 bits per heavy atom. The first-order chi connectivity index (χ1) is 9.15. The SMILES string of the molecule is Fc1c(Cl)cccc1Cn1ccc2ccc(Cl)cc21. The normalized spacial score (nSPS) is 11.1. The first-order valence-electron chi connectivity index (χ1n) is 5.82. The van der Waals surface area contributed by atoms with E-state index in [-0.39, 0.29) is 10.8 Å². The third-order valence-corrected chi connectivity index (χ3v) is 3.64. The van der Waals surface area contributed by atoms with Gasteiger partial charge >= 0.3 is 0 Å². The fourth-order valence-electron chi connectivity index (χ4n) is 2.15. The summed E-state index contributed by atoms with van der Waals surface area (Å²) in [5.74, 6) is -0.368. The van der Waals surface area contributed by atoms with Gasteiger partial charge in [-0.3, -0.25) is 0 Å². The van der Waals surface area contributed by atoms with E-state index >= 15 is 0 Å². The Balaban J connectivity index is 2.06. The molecule has 0 aliphatic carbocycles. The molecule has 1 aromatic heterocycles. The average molecular weight is 294 g/mol. The van der Waals surface area contributed by atoms with Crippen molar-refractivity contribution in [2.45, 2.75) is 6.54 Å². The average Bonchev–Trinajstić information content (AvgIpc) is 2.78. The first kappa shape index (κ1) is 12.5. The van der Waals surface area contributed by atoms with Crippen molar-refractivity contribution < 1.29 is 4.39 Å². The zero-order valence-electron chi connectivity index (χ0n) is 9.91. The van der Waals surface area contributed by atoms with Gasteiger partial charge in [-0.25, -0.2) is 4.39 Å². The summed E-state index contributed by atoms with van der Waals surface area (Å²) in [6.07, 6.45) is 1.92. The van der Waals surface area contributed by atoms with Crippen molar-refractivity contribution in [3.05, 3.63) is 70.1 Å². The number of benzene rings is 2. The van der Waals surface area contributed by atoms with Crippen molar-refractivity contribution in [1.82, 2.24) is 4.57 Å². The van der Waals surface area contributed by atoms with E-state index in [1.807, 2.05) is 35.0 Å². The van der Waals surface area contributed by atoms with Crippen LogP contribution in [-0.2, 0) is 6.54 Å². The zero-order valence-corrected chi connectivity index (χ0v) is 11.4. The van der Waals surface area contributed by atoms with Gasteiger partial charge in [-0.1, -0.05) is 41.4 Å². The molecule has 1 nitrogen and oxygen atoms in total. The Morgan fingerprint density at radius 1 is 1.05 bits per heavy atom. The monoisotopic (exact) mass is 293 g/mol. The molecular weight excluding hydrogens is 284 g/mol. The van der Waals surface area contributed by atoms with Gasteiger partial charge in [-0.15, -0.1) is 0 Å². The summed E-state index contributed by atoms with van der Waals surface area (Å²) in [7, 11) is 0. The van der Waals surface area contributed by atoms with E-state index < -0.39 is 0 Å². The number of hydrogen-bond donors (Lipinski definition) is 0. The molecule has 1 heterocycles. The number of rotatable bonds is 2. The fourth-order valence-corrected chi connectivity index (χ4v) is 2.51. The molecule has 3 rings (SSSR count). The highest BCUT2D eigenvalue weighted by atomic mass is 35.5. The lowest BCUT2D eigenvalue weighted by molar-refractivity contribution is 0.602. The maximum absolute atomic E-state index is 13.9. The molecule has 0 saturated heterocycles. The lowest BCUT2D eigenvalue weighted by Gasteiger charge is -2.08. The van der Waals surface area contributed by atoms with Gasteiger partial charge in [0.05, 0.1) is 11.6 Å². The maximum atomic E-state index is 13.9. The number of aromatic nitrogens is 1. The Morgan fingerprint density at radius 2 is 1.89 bits per heavy atom. The van der Waals surface area contributed by atoms with Gasteiger partial charge < -0.3 is 4.57 Å². The van der Waals surface area contributed by atoms with Gasteiger partial charge in [0.2, 0.25) is 0 Å². The largest absolute Gasteiger partial charge is 0.343 e. The lowest BCUT2D eigenvalue weighted by atomic mass is 10.2. The Labute approximate surface area is 120 Å². The molecule has 0 atom stereocenters. The minimum atomic E-state index is -0.368.